The second-order valence-corrected chi connectivity index (χ2v) is 6.21. The Kier molecular flexibility index (Phi) is 6.17. The van der Waals surface area contributed by atoms with Crippen LogP contribution in [0.15, 0.2) is 18.3 Å². The lowest BCUT2D eigenvalue weighted by molar-refractivity contribution is 0.862. The Morgan fingerprint density at radius 1 is 1.19 bits per heavy atom. The highest BCUT2D eigenvalue weighted by molar-refractivity contribution is 14.1. The Bertz CT molecular complexity index is 601. The largest absolute Gasteiger partial charge is 0.369 e. The lowest BCUT2D eigenvalue weighted by Gasteiger charge is -2.12. The summed E-state index contributed by atoms with van der Waals surface area (Å²) in [6, 6.07) is 3.66. The van der Waals surface area contributed by atoms with Crippen LogP contribution in [0.2, 0.25) is 5.02 Å². The topological polar surface area (TPSA) is 50.7 Å². The van der Waals surface area contributed by atoms with E-state index in [0.717, 1.165) is 46.6 Å². The first kappa shape index (κ1) is 16.4. The van der Waals surface area contributed by atoms with Crippen LogP contribution in [0.5, 0.6) is 0 Å². The summed E-state index contributed by atoms with van der Waals surface area (Å²) >= 11 is 8.20. The fraction of sp³-hybridized carbons (Fsp3) is 0.400. The number of aromatic nitrogens is 3. The predicted octanol–water partition coefficient (Wildman–Crippen LogP) is 4.57. The Hall–Kier alpha value is -0.950. The second-order valence-electron chi connectivity index (χ2n) is 4.69. The molecule has 2 aromatic heterocycles. The molecule has 0 spiro atoms. The minimum absolute atomic E-state index is 0.613. The van der Waals surface area contributed by atoms with E-state index in [1.54, 1.807) is 6.20 Å². The maximum atomic E-state index is 5.89. The normalized spacial score (nSPS) is 10.7. The van der Waals surface area contributed by atoms with Crippen molar-refractivity contribution in [1.82, 2.24) is 15.0 Å². The molecular weight excluding hydrogens is 399 g/mol. The van der Waals surface area contributed by atoms with Crippen molar-refractivity contribution in [3.8, 4) is 11.5 Å². The van der Waals surface area contributed by atoms with Gasteiger partial charge in [-0.05, 0) is 47.6 Å². The first-order valence-electron chi connectivity index (χ1n) is 7.07. The van der Waals surface area contributed by atoms with E-state index in [2.05, 4.69) is 56.7 Å². The molecule has 0 bridgehead atoms. The molecule has 2 rings (SSSR count). The van der Waals surface area contributed by atoms with Gasteiger partial charge in [0.15, 0.2) is 5.82 Å². The van der Waals surface area contributed by atoms with Crippen molar-refractivity contribution in [2.75, 3.05) is 11.9 Å². The SMILES string of the molecule is CCCNc1nc(-c2ccc(Cl)cn2)nc(CCC)c1I. The van der Waals surface area contributed by atoms with Crippen LogP contribution in [0.25, 0.3) is 11.5 Å². The summed E-state index contributed by atoms with van der Waals surface area (Å²) in [5.41, 5.74) is 1.81. The maximum absolute atomic E-state index is 5.89. The monoisotopic (exact) mass is 416 g/mol. The minimum atomic E-state index is 0.613. The van der Waals surface area contributed by atoms with Gasteiger partial charge in [-0.1, -0.05) is 31.9 Å². The molecule has 2 heterocycles. The van der Waals surface area contributed by atoms with Crippen molar-refractivity contribution < 1.29 is 0 Å². The fourth-order valence-corrected chi connectivity index (χ4v) is 2.69. The van der Waals surface area contributed by atoms with Gasteiger partial charge in [-0.25, -0.2) is 9.97 Å². The molecule has 1 N–H and O–H groups in total. The van der Waals surface area contributed by atoms with Crippen LogP contribution in [0.4, 0.5) is 5.82 Å². The molecule has 4 nitrogen and oxygen atoms in total. The predicted molar refractivity (Wildman–Crippen MR) is 95.8 cm³/mol. The third kappa shape index (κ3) is 4.26. The second kappa shape index (κ2) is 7.89. The Balaban J connectivity index is 2.44. The summed E-state index contributed by atoms with van der Waals surface area (Å²) in [6.07, 6.45) is 4.66. The van der Waals surface area contributed by atoms with E-state index in [1.165, 1.54) is 0 Å². The van der Waals surface area contributed by atoms with Crippen molar-refractivity contribution in [2.24, 2.45) is 0 Å². The fourth-order valence-electron chi connectivity index (χ4n) is 1.88. The van der Waals surface area contributed by atoms with Crippen molar-refractivity contribution in [3.63, 3.8) is 0 Å². The highest BCUT2D eigenvalue weighted by Crippen LogP contribution is 2.24. The molecule has 0 radical (unpaired) electrons. The van der Waals surface area contributed by atoms with Gasteiger partial charge in [0.05, 0.1) is 14.3 Å². The summed E-state index contributed by atoms with van der Waals surface area (Å²) in [5.74, 6) is 1.54. The van der Waals surface area contributed by atoms with Gasteiger partial charge in [0.25, 0.3) is 0 Å². The Morgan fingerprint density at radius 3 is 2.62 bits per heavy atom. The van der Waals surface area contributed by atoms with Gasteiger partial charge in [0.1, 0.15) is 11.5 Å². The minimum Gasteiger partial charge on any atom is -0.369 e. The molecule has 112 valence electrons. The van der Waals surface area contributed by atoms with Gasteiger partial charge < -0.3 is 5.32 Å². The van der Waals surface area contributed by atoms with Crippen molar-refractivity contribution in [2.45, 2.75) is 33.1 Å². The first-order valence-corrected chi connectivity index (χ1v) is 8.53. The van der Waals surface area contributed by atoms with Gasteiger partial charge in [-0.15, -0.1) is 0 Å². The molecule has 0 aliphatic rings. The van der Waals surface area contributed by atoms with E-state index in [1.807, 2.05) is 12.1 Å². The van der Waals surface area contributed by atoms with Gasteiger partial charge in [-0.2, -0.15) is 0 Å². The summed E-state index contributed by atoms with van der Waals surface area (Å²) in [5, 5.41) is 3.98. The lowest BCUT2D eigenvalue weighted by Crippen LogP contribution is -2.09. The molecule has 0 saturated carbocycles. The number of hydrogen-bond acceptors (Lipinski definition) is 4. The number of nitrogens with zero attached hydrogens (tertiary/aromatic N) is 3. The summed E-state index contributed by atoms with van der Waals surface area (Å²) in [6.45, 7) is 5.18. The van der Waals surface area contributed by atoms with Crippen molar-refractivity contribution in [1.29, 1.82) is 0 Å². The van der Waals surface area contributed by atoms with Crippen LogP contribution in [0, 0.1) is 3.57 Å². The molecule has 6 heteroatoms. The number of rotatable bonds is 6. The van der Waals surface area contributed by atoms with E-state index in [0.29, 0.717) is 10.8 Å². The summed E-state index contributed by atoms with van der Waals surface area (Å²) in [7, 11) is 0. The zero-order valence-corrected chi connectivity index (χ0v) is 15.1. The van der Waals surface area contributed by atoms with Crippen LogP contribution < -0.4 is 5.32 Å². The van der Waals surface area contributed by atoms with Crippen LogP contribution >= 0.6 is 34.2 Å². The molecule has 0 saturated heterocycles. The van der Waals surface area contributed by atoms with E-state index in [4.69, 9.17) is 11.6 Å². The zero-order chi connectivity index (χ0) is 15.2. The highest BCUT2D eigenvalue weighted by atomic mass is 127. The van der Waals surface area contributed by atoms with Crippen LogP contribution in [0.3, 0.4) is 0 Å². The number of hydrogen-bond donors (Lipinski definition) is 1. The van der Waals surface area contributed by atoms with E-state index >= 15 is 0 Å². The number of nitrogens with one attached hydrogen (secondary N) is 1. The summed E-state index contributed by atoms with van der Waals surface area (Å²) < 4.78 is 1.10. The average Bonchev–Trinajstić information content (AvgIpc) is 2.49. The standard InChI is InChI=1S/C15H18ClIN4/c1-3-5-11-13(17)15(18-8-4-2)21-14(20-11)12-7-6-10(16)9-19-12/h6-7,9H,3-5,8H2,1-2H3,(H,18,20,21). The van der Waals surface area contributed by atoms with Crippen molar-refractivity contribution >= 4 is 40.0 Å². The van der Waals surface area contributed by atoms with Crippen LogP contribution in [-0.4, -0.2) is 21.5 Å². The Labute approximate surface area is 143 Å². The van der Waals surface area contributed by atoms with E-state index < -0.39 is 0 Å². The highest BCUT2D eigenvalue weighted by Gasteiger charge is 2.13. The van der Waals surface area contributed by atoms with Crippen LogP contribution in [0.1, 0.15) is 32.4 Å². The zero-order valence-electron chi connectivity index (χ0n) is 12.2. The van der Waals surface area contributed by atoms with Gasteiger partial charge in [0, 0.05) is 12.7 Å². The smallest absolute Gasteiger partial charge is 0.180 e. The lowest BCUT2D eigenvalue weighted by atomic mass is 10.2. The first-order chi connectivity index (χ1) is 10.2. The molecule has 0 aliphatic carbocycles. The summed E-state index contributed by atoms with van der Waals surface area (Å²) in [4.78, 5) is 13.6. The van der Waals surface area contributed by atoms with Crippen molar-refractivity contribution in [3.05, 3.63) is 32.6 Å². The van der Waals surface area contributed by atoms with Gasteiger partial charge in [0.2, 0.25) is 0 Å². The van der Waals surface area contributed by atoms with Gasteiger partial charge >= 0.3 is 0 Å². The molecular formula is C15H18ClIN4. The van der Waals surface area contributed by atoms with Crippen LogP contribution in [-0.2, 0) is 6.42 Å². The number of pyridine rings is 1. The molecule has 21 heavy (non-hydrogen) atoms. The number of anilines is 1. The van der Waals surface area contributed by atoms with Gasteiger partial charge in [-0.3, -0.25) is 4.98 Å². The molecule has 0 unspecified atom stereocenters. The van der Waals surface area contributed by atoms with E-state index in [9.17, 15) is 0 Å². The molecule has 0 aliphatic heterocycles. The molecule has 0 fully saturated rings. The maximum Gasteiger partial charge on any atom is 0.180 e. The Morgan fingerprint density at radius 2 is 2.00 bits per heavy atom. The average molecular weight is 417 g/mol. The molecule has 0 atom stereocenters. The third-order valence-corrected chi connectivity index (χ3v) is 4.26. The third-order valence-electron chi connectivity index (χ3n) is 2.91. The molecule has 2 aromatic rings. The molecule has 0 amide bonds. The quantitative estimate of drug-likeness (QED) is 0.701. The molecule has 0 aromatic carbocycles. The number of halogens is 2. The number of aryl methyl sites for hydroxylation is 1. The van der Waals surface area contributed by atoms with E-state index in [-0.39, 0.29) is 0 Å².